The van der Waals surface area contributed by atoms with Crippen molar-refractivity contribution in [2.45, 2.75) is 24.4 Å². The molecule has 0 aliphatic heterocycles. The highest BCUT2D eigenvalue weighted by atomic mass is 32.2. The van der Waals surface area contributed by atoms with E-state index in [1.165, 1.54) is 0 Å². The quantitative estimate of drug-likeness (QED) is 0.320. The molecule has 1 aromatic rings. The second-order valence-electron chi connectivity index (χ2n) is 5.24. The second kappa shape index (κ2) is 6.11. The van der Waals surface area contributed by atoms with Gasteiger partial charge in [0, 0.05) is 0 Å². The number of alkyl halides is 3. The van der Waals surface area contributed by atoms with Crippen LogP contribution in [0.2, 0.25) is 0 Å². The van der Waals surface area contributed by atoms with E-state index in [4.69, 9.17) is 0 Å². The Labute approximate surface area is 136 Å². The molecular formula is C14H8F8O2S. The summed E-state index contributed by atoms with van der Waals surface area (Å²) in [5, 5.41) is 0. The molecule has 138 valence electrons. The summed E-state index contributed by atoms with van der Waals surface area (Å²) in [6.07, 6.45) is -4.60. The smallest absolute Gasteiger partial charge is 0.219 e. The van der Waals surface area contributed by atoms with Crippen molar-refractivity contribution in [2.24, 2.45) is 5.92 Å². The Kier molecular flexibility index (Phi) is 4.75. The van der Waals surface area contributed by atoms with Crippen LogP contribution in [0, 0.1) is 35.0 Å². The maximum absolute atomic E-state index is 13.7. The van der Waals surface area contributed by atoms with Crippen LogP contribution in [-0.4, -0.2) is 14.6 Å². The molecule has 25 heavy (non-hydrogen) atoms. The fraction of sp³-hybridized carbons (Fsp3) is 0.286. The number of hydrogen-bond acceptors (Lipinski definition) is 2. The van der Waals surface area contributed by atoms with Crippen LogP contribution in [0.3, 0.4) is 0 Å². The molecule has 1 atom stereocenters. The molecule has 0 spiro atoms. The molecule has 1 unspecified atom stereocenters. The number of allylic oxidation sites excluding steroid dienone is 4. The molecule has 1 aliphatic carbocycles. The van der Waals surface area contributed by atoms with E-state index in [0.29, 0.717) is 6.08 Å². The predicted octanol–water partition coefficient (Wildman–Crippen LogP) is 4.57. The van der Waals surface area contributed by atoms with Gasteiger partial charge in [0.15, 0.2) is 23.3 Å². The van der Waals surface area contributed by atoms with E-state index in [1.54, 1.807) is 0 Å². The van der Waals surface area contributed by atoms with E-state index in [-0.39, 0.29) is 6.08 Å². The number of sulfone groups is 1. The molecule has 2 nitrogen and oxygen atoms in total. The zero-order chi connectivity index (χ0) is 19.3. The van der Waals surface area contributed by atoms with Crippen LogP contribution in [0.15, 0.2) is 27.5 Å². The summed E-state index contributed by atoms with van der Waals surface area (Å²) in [6.45, 7) is 1.14. The molecule has 0 saturated heterocycles. The van der Waals surface area contributed by atoms with Gasteiger partial charge in [0.2, 0.25) is 15.7 Å². The summed E-state index contributed by atoms with van der Waals surface area (Å²) in [5.41, 5.74) is -1.40. The zero-order valence-corrected chi connectivity index (χ0v) is 13.0. The van der Waals surface area contributed by atoms with Crippen molar-refractivity contribution in [3.8, 4) is 0 Å². The molecule has 0 aromatic heterocycles. The van der Waals surface area contributed by atoms with Gasteiger partial charge in [-0.15, -0.1) is 0 Å². The topological polar surface area (TPSA) is 34.1 Å². The van der Waals surface area contributed by atoms with Crippen molar-refractivity contribution < 1.29 is 43.5 Å². The number of halogens is 8. The fourth-order valence-corrected chi connectivity index (χ4v) is 4.05. The Balaban J connectivity index is 2.76. The highest BCUT2D eigenvalue weighted by Gasteiger charge is 2.41. The van der Waals surface area contributed by atoms with Crippen LogP contribution >= 0.6 is 0 Å². The lowest BCUT2D eigenvalue weighted by atomic mass is 9.98. The minimum atomic E-state index is -5.40. The third kappa shape index (κ3) is 3.16. The first-order chi connectivity index (χ1) is 11.3. The van der Waals surface area contributed by atoms with Gasteiger partial charge < -0.3 is 0 Å². The van der Waals surface area contributed by atoms with Gasteiger partial charge in [-0.25, -0.2) is 30.4 Å². The SMILES string of the molecule is CC1CC=C(C(F)(F)F)C=C1S(=O)(=O)c1c(F)c(F)c(F)c(F)c1F. The van der Waals surface area contributed by atoms with Crippen LogP contribution in [0.4, 0.5) is 35.1 Å². The second-order valence-corrected chi connectivity index (χ2v) is 7.13. The van der Waals surface area contributed by atoms with Crippen molar-refractivity contribution in [3.63, 3.8) is 0 Å². The molecule has 0 heterocycles. The summed E-state index contributed by atoms with van der Waals surface area (Å²) >= 11 is 0. The largest absolute Gasteiger partial charge is 0.416 e. The van der Waals surface area contributed by atoms with Crippen LogP contribution < -0.4 is 0 Å². The third-order valence-electron chi connectivity index (χ3n) is 3.55. The van der Waals surface area contributed by atoms with Gasteiger partial charge in [-0.05, 0) is 18.4 Å². The van der Waals surface area contributed by atoms with Crippen molar-refractivity contribution in [1.29, 1.82) is 0 Å². The summed E-state index contributed by atoms with van der Waals surface area (Å²) in [7, 11) is -5.40. The van der Waals surface area contributed by atoms with E-state index in [1.807, 2.05) is 0 Å². The molecule has 0 amide bonds. The summed E-state index contributed by atoms with van der Waals surface area (Å²) in [4.78, 5) is -3.27. The first-order valence-electron chi connectivity index (χ1n) is 6.55. The highest BCUT2D eigenvalue weighted by molar-refractivity contribution is 7.95. The minimum Gasteiger partial charge on any atom is -0.219 e. The highest BCUT2D eigenvalue weighted by Crippen LogP contribution is 2.39. The van der Waals surface area contributed by atoms with Crippen molar-refractivity contribution in [3.05, 3.63) is 51.7 Å². The average molecular weight is 392 g/mol. The van der Waals surface area contributed by atoms with Crippen LogP contribution in [-0.2, 0) is 9.84 Å². The predicted molar refractivity (Wildman–Crippen MR) is 69.4 cm³/mol. The van der Waals surface area contributed by atoms with E-state index in [0.717, 1.165) is 6.92 Å². The average Bonchev–Trinajstić information content (AvgIpc) is 2.50. The Morgan fingerprint density at radius 3 is 1.80 bits per heavy atom. The molecular weight excluding hydrogens is 384 g/mol. The van der Waals surface area contributed by atoms with Gasteiger partial charge >= 0.3 is 6.18 Å². The van der Waals surface area contributed by atoms with Gasteiger partial charge in [-0.1, -0.05) is 13.0 Å². The Morgan fingerprint density at radius 2 is 1.36 bits per heavy atom. The lowest BCUT2D eigenvalue weighted by Gasteiger charge is -2.22. The van der Waals surface area contributed by atoms with Crippen molar-refractivity contribution in [1.82, 2.24) is 0 Å². The first-order valence-corrected chi connectivity index (χ1v) is 8.04. The van der Waals surface area contributed by atoms with E-state index in [9.17, 15) is 43.5 Å². The molecule has 2 rings (SSSR count). The molecule has 0 fully saturated rings. The molecule has 1 aromatic carbocycles. The molecule has 11 heteroatoms. The van der Waals surface area contributed by atoms with Gasteiger partial charge in [-0.3, -0.25) is 0 Å². The van der Waals surface area contributed by atoms with Gasteiger partial charge in [0.1, 0.15) is 4.90 Å². The summed E-state index contributed by atoms with van der Waals surface area (Å²) < 4.78 is 130. The van der Waals surface area contributed by atoms with Crippen molar-refractivity contribution >= 4 is 9.84 Å². The first kappa shape index (κ1) is 19.4. The van der Waals surface area contributed by atoms with E-state index >= 15 is 0 Å². The number of rotatable bonds is 2. The Morgan fingerprint density at radius 1 is 0.920 bits per heavy atom. The number of benzene rings is 1. The standard InChI is InChI=1S/C14H8F8O2S/c1-5-2-3-6(14(20,21)22)4-7(5)25(23,24)13-11(18)9(16)8(15)10(17)12(13)19/h3-5H,2H2,1H3. The molecule has 1 aliphatic rings. The van der Waals surface area contributed by atoms with Gasteiger partial charge in [0.05, 0.1) is 10.5 Å². The Bertz CT molecular complexity index is 867. The summed E-state index contributed by atoms with van der Waals surface area (Å²) in [5.74, 6) is -14.0. The number of hydrogen-bond donors (Lipinski definition) is 0. The third-order valence-corrected chi connectivity index (χ3v) is 5.59. The molecule has 0 N–H and O–H groups in total. The lowest BCUT2D eigenvalue weighted by Crippen LogP contribution is -2.22. The van der Waals surface area contributed by atoms with Crippen LogP contribution in [0.25, 0.3) is 0 Å². The summed E-state index contributed by atoms with van der Waals surface area (Å²) in [6, 6.07) is 0. The van der Waals surface area contributed by atoms with E-state index in [2.05, 4.69) is 0 Å². The molecule has 0 radical (unpaired) electrons. The molecule has 0 saturated carbocycles. The zero-order valence-electron chi connectivity index (χ0n) is 12.2. The maximum Gasteiger partial charge on any atom is 0.416 e. The van der Waals surface area contributed by atoms with Crippen molar-refractivity contribution in [2.75, 3.05) is 0 Å². The van der Waals surface area contributed by atoms with Gasteiger partial charge in [-0.2, -0.15) is 13.2 Å². The monoisotopic (exact) mass is 392 g/mol. The molecule has 0 bridgehead atoms. The fourth-order valence-electron chi connectivity index (χ4n) is 2.25. The normalized spacial score (nSPS) is 18.8. The Hall–Kier alpha value is -1.91. The van der Waals surface area contributed by atoms with E-state index < -0.39 is 72.8 Å². The lowest BCUT2D eigenvalue weighted by molar-refractivity contribution is -0.0887. The van der Waals surface area contributed by atoms with Gasteiger partial charge in [0.25, 0.3) is 0 Å². The minimum absolute atomic E-state index is 0.127. The van der Waals surface area contributed by atoms with Crippen LogP contribution in [0.5, 0.6) is 0 Å². The van der Waals surface area contributed by atoms with Crippen LogP contribution in [0.1, 0.15) is 13.3 Å². The maximum atomic E-state index is 13.7.